The Bertz CT molecular complexity index is 2050. The predicted octanol–water partition coefficient (Wildman–Crippen LogP) is 8.48. The van der Waals surface area contributed by atoms with E-state index in [0.717, 1.165) is 66.5 Å². The van der Waals surface area contributed by atoms with Crippen LogP contribution in [0, 0.1) is 41.8 Å². The van der Waals surface area contributed by atoms with E-state index in [1.165, 1.54) is 45.1 Å². The number of fused-ring (bicyclic) bond motifs is 4. The average molecular weight is 760 g/mol. The molecule has 5 heterocycles. The zero-order chi connectivity index (χ0) is 37.2. The van der Waals surface area contributed by atoms with Gasteiger partial charge in [-0.25, -0.2) is 9.37 Å². The van der Waals surface area contributed by atoms with E-state index in [0.29, 0.717) is 45.1 Å². The number of allylic oxidation sites excluding steroid dienone is 1. The molecule has 3 aliphatic carbocycles. The van der Waals surface area contributed by atoms with Crippen molar-refractivity contribution in [2.75, 3.05) is 13.1 Å². The summed E-state index contributed by atoms with van der Waals surface area (Å²) < 4.78 is 16.3. The molecule has 4 aromatic rings. The molecular formula is C41H49Cl2FN8O. The predicted molar refractivity (Wildman–Crippen MR) is 210 cm³/mol. The van der Waals surface area contributed by atoms with E-state index in [9.17, 15) is 10.1 Å². The highest BCUT2D eigenvalue weighted by atomic mass is 35.5. The number of amides is 1. The number of hydrogen-bond donors (Lipinski definition) is 5. The van der Waals surface area contributed by atoms with Gasteiger partial charge in [0.25, 0.3) is 0 Å². The van der Waals surface area contributed by atoms with Crippen LogP contribution in [0.4, 0.5) is 4.39 Å². The smallest absolute Gasteiger partial charge is 0.226 e. The van der Waals surface area contributed by atoms with Gasteiger partial charge in [0.15, 0.2) is 5.82 Å². The number of hydrazine groups is 1. The quantitative estimate of drug-likeness (QED) is 0.0938. The normalized spacial score (nSPS) is 22.2. The van der Waals surface area contributed by atoms with Gasteiger partial charge in [0.2, 0.25) is 5.91 Å². The van der Waals surface area contributed by atoms with Gasteiger partial charge >= 0.3 is 0 Å². The number of benzene rings is 2. The number of H-pyrrole nitrogens is 1. The molecule has 0 spiro atoms. The van der Waals surface area contributed by atoms with E-state index in [1.54, 1.807) is 24.4 Å². The van der Waals surface area contributed by atoms with Crippen LogP contribution in [0.25, 0.3) is 32.9 Å². The topological polar surface area (TPSA) is 149 Å². The number of nitrogens with zero attached hydrogens (tertiary/aromatic N) is 3. The number of halogens is 3. The van der Waals surface area contributed by atoms with Crippen LogP contribution < -0.4 is 22.3 Å². The molecule has 280 valence electrons. The van der Waals surface area contributed by atoms with Crippen LogP contribution in [-0.4, -0.2) is 39.9 Å². The molecule has 1 amide bonds. The van der Waals surface area contributed by atoms with Gasteiger partial charge < -0.3 is 26.4 Å². The summed E-state index contributed by atoms with van der Waals surface area (Å²) in [7, 11) is 0. The highest BCUT2D eigenvalue weighted by Gasteiger charge is 2.39. The van der Waals surface area contributed by atoms with Crippen LogP contribution in [-0.2, 0) is 11.2 Å². The Hall–Kier alpha value is -3.88. The van der Waals surface area contributed by atoms with Crippen molar-refractivity contribution >= 4 is 50.9 Å². The van der Waals surface area contributed by atoms with E-state index >= 15 is 4.39 Å². The molecule has 0 radical (unpaired) electrons. The molecular weight excluding hydrogens is 710 g/mol. The third-order valence-corrected chi connectivity index (χ3v) is 12.5. The van der Waals surface area contributed by atoms with Crippen LogP contribution in [0.2, 0.25) is 10.0 Å². The first-order valence-corrected chi connectivity index (χ1v) is 19.8. The first-order valence-electron chi connectivity index (χ1n) is 19.1. The van der Waals surface area contributed by atoms with Gasteiger partial charge in [-0.05, 0) is 107 Å². The van der Waals surface area contributed by atoms with Gasteiger partial charge in [0.05, 0.1) is 27.7 Å². The number of aromatic amines is 1. The Morgan fingerprint density at radius 1 is 1.11 bits per heavy atom. The number of nitrogens with two attached hydrogens (primary N) is 2. The van der Waals surface area contributed by atoms with Crippen molar-refractivity contribution in [3.8, 4) is 17.2 Å². The van der Waals surface area contributed by atoms with Crippen LogP contribution in [0.3, 0.4) is 0 Å². The lowest BCUT2D eigenvalue weighted by molar-refractivity contribution is -0.133. The van der Waals surface area contributed by atoms with Gasteiger partial charge in [-0.3, -0.25) is 10.6 Å². The molecule has 6 fully saturated rings. The second-order valence-corrected chi connectivity index (χ2v) is 16.1. The van der Waals surface area contributed by atoms with Crippen molar-refractivity contribution in [2.24, 2.45) is 29.3 Å². The summed E-state index contributed by atoms with van der Waals surface area (Å²) in [6, 6.07) is 12.2. The van der Waals surface area contributed by atoms with Crippen LogP contribution in [0.5, 0.6) is 0 Å². The number of likely N-dealkylation sites (tertiary alicyclic amines) is 1. The molecule has 10 rings (SSSR count). The number of pyridine rings is 1. The van der Waals surface area contributed by atoms with E-state index in [-0.39, 0.29) is 34.8 Å². The van der Waals surface area contributed by atoms with Gasteiger partial charge in [0, 0.05) is 70.1 Å². The Morgan fingerprint density at radius 2 is 1.89 bits per heavy atom. The van der Waals surface area contributed by atoms with E-state index in [2.05, 4.69) is 32.8 Å². The zero-order valence-corrected chi connectivity index (χ0v) is 31.8. The Labute approximate surface area is 320 Å². The molecule has 12 heteroatoms. The minimum Gasteiger partial charge on any atom is -0.401 e. The van der Waals surface area contributed by atoms with E-state index in [1.807, 2.05) is 17.9 Å². The first kappa shape index (κ1) is 37.4. The fourth-order valence-electron chi connectivity index (χ4n) is 8.54. The molecule has 9 nitrogen and oxygen atoms in total. The van der Waals surface area contributed by atoms with Gasteiger partial charge in [0.1, 0.15) is 5.52 Å². The maximum Gasteiger partial charge on any atom is 0.226 e. The lowest BCUT2D eigenvalue weighted by atomic mass is 9.87. The van der Waals surface area contributed by atoms with Crippen molar-refractivity contribution in [1.29, 1.82) is 5.26 Å². The summed E-state index contributed by atoms with van der Waals surface area (Å²) in [6.45, 7) is 3.95. The summed E-state index contributed by atoms with van der Waals surface area (Å²) in [5.41, 5.74) is 13.2. The fourth-order valence-corrected chi connectivity index (χ4v) is 8.94. The highest BCUT2D eigenvalue weighted by molar-refractivity contribution is 6.43. The summed E-state index contributed by atoms with van der Waals surface area (Å²) in [5, 5.41) is 14.8. The summed E-state index contributed by atoms with van der Waals surface area (Å²) >= 11 is 12.8. The zero-order valence-electron chi connectivity index (χ0n) is 30.3. The van der Waals surface area contributed by atoms with Crippen molar-refractivity contribution in [2.45, 2.75) is 96.1 Å². The molecule has 3 saturated carbocycles. The first-order chi connectivity index (χ1) is 25.7. The number of nitriles is 1. The number of aryl methyl sites for hydroxylation is 2. The molecule has 7 N–H and O–H groups in total. The summed E-state index contributed by atoms with van der Waals surface area (Å²) in [4.78, 5) is 23.1. The number of carbonyl (C=O) groups excluding carboxylic acids is 1. The van der Waals surface area contributed by atoms with Crippen LogP contribution in [0.1, 0.15) is 93.6 Å². The fraction of sp³-hybridized carbons (Fsp3) is 0.488. The van der Waals surface area contributed by atoms with Crippen LogP contribution >= 0.6 is 23.2 Å². The van der Waals surface area contributed by atoms with Crippen molar-refractivity contribution < 1.29 is 9.18 Å². The maximum absolute atomic E-state index is 16.3. The summed E-state index contributed by atoms with van der Waals surface area (Å²) in [6.07, 6.45) is 14.1. The molecule has 6 aliphatic rings. The largest absolute Gasteiger partial charge is 0.401 e. The number of hydrogen-bond acceptors (Lipinski definition) is 7. The Kier molecular flexibility index (Phi) is 11.5. The SMILES string of the molecule is C1NC2CC1C2.Cc1nc2c(F)c(-c3cccc(Cl)c3Cl)c(CCC#N)cc2c2[nH]c(C3CCCN3C(=O)C3CC3)cc12.NN/C=C(\N)C1CCCC1. The molecule has 2 bridgehead atoms. The molecule has 53 heavy (non-hydrogen) atoms. The monoisotopic (exact) mass is 758 g/mol. The number of aromatic nitrogens is 2. The molecule has 3 saturated heterocycles. The molecule has 3 aliphatic heterocycles. The average Bonchev–Trinajstić information content (AvgIpc) is 3.76. The molecule has 1 atom stereocenters. The van der Waals surface area contributed by atoms with Crippen LogP contribution in [0.15, 0.2) is 42.2 Å². The minimum absolute atomic E-state index is 0.0117. The highest BCUT2D eigenvalue weighted by Crippen LogP contribution is 2.43. The number of carbonyl (C=O) groups is 1. The molecule has 2 aromatic carbocycles. The maximum atomic E-state index is 16.3. The number of rotatable bonds is 7. The van der Waals surface area contributed by atoms with Crippen molar-refractivity contribution in [3.63, 3.8) is 0 Å². The van der Waals surface area contributed by atoms with E-state index < -0.39 is 5.82 Å². The second kappa shape index (κ2) is 16.2. The minimum atomic E-state index is -0.484. The van der Waals surface area contributed by atoms with Gasteiger partial charge in [-0.15, -0.1) is 0 Å². The third kappa shape index (κ3) is 7.86. The summed E-state index contributed by atoms with van der Waals surface area (Å²) in [5.74, 6) is 6.68. The second-order valence-electron chi connectivity index (χ2n) is 15.3. The van der Waals surface area contributed by atoms with Crippen molar-refractivity contribution in [1.82, 2.24) is 25.6 Å². The van der Waals surface area contributed by atoms with Gasteiger partial charge in [-0.2, -0.15) is 5.26 Å². The number of nitrogens with one attached hydrogen (secondary N) is 3. The standard InChI is InChI=1S/C29H25Cl2FN4O.C7H15N3.C5H9N/c1-15-19-14-22(23-8-4-12-36(23)29(37)16-9-10-16)35-27(19)20-13-17(5-3-11-33)24(26(32)28(20)34-15)18-6-2-7-21(30)25(18)31;8-7(5-10-9)6-3-1-2-4-6;1-4-2-5(1)6-3-4/h2,6-7,13-14,16,23,35H,3-5,8-10,12H2,1H3;5-6,10H,1-4,8-9H2;4-6H,1-3H2/b;7-5-;. The Morgan fingerprint density at radius 3 is 2.53 bits per heavy atom. The third-order valence-electron chi connectivity index (χ3n) is 11.7. The Balaban J connectivity index is 0.000000222. The lowest BCUT2D eigenvalue weighted by Crippen LogP contribution is -2.31. The molecule has 1 unspecified atom stereocenters. The van der Waals surface area contributed by atoms with Crippen molar-refractivity contribution in [3.05, 3.63) is 75.0 Å². The lowest BCUT2D eigenvalue weighted by Gasteiger charge is -2.24. The van der Waals surface area contributed by atoms with Gasteiger partial charge in [-0.1, -0.05) is 48.2 Å². The van der Waals surface area contributed by atoms with E-state index in [4.69, 9.17) is 34.8 Å². The molecule has 2 aromatic heterocycles.